The van der Waals surface area contributed by atoms with Crippen LogP contribution in [0.2, 0.25) is 0 Å². The Kier molecular flexibility index (Phi) is 5.19. The van der Waals surface area contributed by atoms with Crippen LogP contribution in [0, 0.1) is 6.92 Å². The van der Waals surface area contributed by atoms with E-state index in [2.05, 4.69) is 44.9 Å². The van der Waals surface area contributed by atoms with Gasteiger partial charge in [0, 0.05) is 12.2 Å². The molecule has 0 bridgehead atoms. The Labute approximate surface area is 137 Å². The first-order valence-corrected chi connectivity index (χ1v) is 8.25. The van der Waals surface area contributed by atoms with Crippen molar-refractivity contribution in [1.82, 2.24) is 15.2 Å². The number of nitrogens with zero attached hydrogens (tertiary/aromatic N) is 3. The van der Waals surface area contributed by atoms with Crippen LogP contribution in [0.25, 0.3) is 0 Å². The third-order valence-electron chi connectivity index (χ3n) is 4.09. The highest BCUT2D eigenvalue weighted by Crippen LogP contribution is 2.20. The summed E-state index contributed by atoms with van der Waals surface area (Å²) in [4.78, 5) is 4.48. The minimum atomic E-state index is 0.515. The zero-order valence-electron chi connectivity index (χ0n) is 13.5. The molecule has 0 spiro atoms. The number of hydrogen-bond acceptors (Lipinski definition) is 5. The number of para-hydroxylation sites is 1. The Balaban J connectivity index is 1.57. The summed E-state index contributed by atoms with van der Waals surface area (Å²) in [7, 11) is 0. The first-order chi connectivity index (χ1) is 11.3. The smallest absolute Gasteiger partial charge is 0.249 e. The van der Waals surface area contributed by atoms with Gasteiger partial charge < -0.3 is 10.6 Å². The first kappa shape index (κ1) is 15.5. The molecule has 1 aromatic heterocycles. The van der Waals surface area contributed by atoms with Gasteiger partial charge in [0.1, 0.15) is 0 Å². The van der Waals surface area contributed by atoms with Gasteiger partial charge in [-0.25, -0.2) is 0 Å². The van der Waals surface area contributed by atoms with Crippen LogP contribution in [-0.2, 0) is 0 Å². The molecule has 0 amide bonds. The van der Waals surface area contributed by atoms with Gasteiger partial charge in [-0.05, 0) is 50.7 Å². The molecular weight excluding hydrogens is 286 g/mol. The maximum absolute atomic E-state index is 4.48. The van der Waals surface area contributed by atoms with Gasteiger partial charge in [0.25, 0.3) is 0 Å². The molecule has 1 aliphatic rings. The van der Waals surface area contributed by atoms with Crippen molar-refractivity contribution in [3.8, 4) is 0 Å². The van der Waals surface area contributed by atoms with Crippen molar-refractivity contribution >= 4 is 17.5 Å². The van der Waals surface area contributed by atoms with Gasteiger partial charge in [0.15, 0.2) is 5.82 Å². The van der Waals surface area contributed by atoms with E-state index in [1.54, 1.807) is 11.8 Å². The fourth-order valence-corrected chi connectivity index (χ4v) is 2.76. The summed E-state index contributed by atoms with van der Waals surface area (Å²) in [5.41, 5.74) is 3.71. The maximum Gasteiger partial charge on any atom is 0.249 e. The van der Waals surface area contributed by atoms with E-state index in [9.17, 15) is 0 Å². The van der Waals surface area contributed by atoms with Crippen LogP contribution in [0.5, 0.6) is 0 Å². The van der Waals surface area contributed by atoms with Gasteiger partial charge in [0.2, 0.25) is 5.95 Å². The summed E-state index contributed by atoms with van der Waals surface area (Å²) in [6, 6.07) is 8.06. The van der Waals surface area contributed by atoms with Gasteiger partial charge in [-0.1, -0.05) is 29.8 Å². The lowest BCUT2D eigenvalue weighted by molar-refractivity contribution is 0.679. The van der Waals surface area contributed by atoms with E-state index in [4.69, 9.17) is 0 Å². The number of allylic oxidation sites excluding steroid dienone is 1. The number of nitrogens with one attached hydrogen (secondary N) is 2. The van der Waals surface area contributed by atoms with E-state index in [0.717, 1.165) is 30.0 Å². The molecule has 120 valence electrons. The Bertz CT molecular complexity index is 681. The lowest BCUT2D eigenvalue weighted by atomic mass is 9.97. The maximum atomic E-state index is 4.48. The van der Waals surface area contributed by atoms with Gasteiger partial charge in [-0.2, -0.15) is 10.1 Å². The van der Waals surface area contributed by atoms with E-state index in [1.165, 1.54) is 25.7 Å². The molecule has 3 rings (SSSR count). The van der Waals surface area contributed by atoms with E-state index >= 15 is 0 Å². The minimum Gasteiger partial charge on any atom is -0.368 e. The van der Waals surface area contributed by atoms with Crippen molar-refractivity contribution in [2.75, 3.05) is 17.2 Å². The zero-order chi connectivity index (χ0) is 15.9. The Morgan fingerprint density at radius 3 is 2.91 bits per heavy atom. The predicted octanol–water partition coefficient (Wildman–Crippen LogP) is 4.23. The van der Waals surface area contributed by atoms with Crippen LogP contribution in [0.3, 0.4) is 0 Å². The van der Waals surface area contributed by atoms with E-state index < -0.39 is 0 Å². The van der Waals surface area contributed by atoms with Crippen LogP contribution in [0.1, 0.15) is 37.7 Å². The van der Waals surface area contributed by atoms with Crippen molar-refractivity contribution in [1.29, 1.82) is 0 Å². The average molecular weight is 309 g/mol. The van der Waals surface area contributed by atoms with Crippen LogP contribution in [-0.4, -0.2) is 21.7 Å². The molecule has 0 aliphatic heterocycles. The molecule has 5 heteroatoms. The summed E-state index contributed by atoms with van der Waals surface area (Å²) >= 11 is 0. The third-order valence-corrected chi connectivity index (χ3v) is 4.09. The fourth-order valence-electron chi connectivity index (χ4n) is 2.76. The monoisotopic (exact) mass is 309 g/mol. The molecule has 0 radical (unpaired) electrons. The van der Waals surface area contributed by atoms with Gasteiger partial charge in [-0.3, -0.25) is 0 Å². The molecular formula is C18H23N5. The van der Waals surface area contributed by atoms with E-state index in [-0.39, 0.29) is 0 Å². The average Bonchev–Trinajstić information content (AvgIpc) is 2.58. The van der Waals surface area contributed by atoms with Crippen molar-refractivity contribution in [3.05, 3.63) is 47.7 Å². The number of anilines is 3. The molecule has 1 aliphatic carbocycles. The normalized spacial score (nSPS) is 14.2. The molecule has 0 saturated carbocycles. The quantitative estimate of drug-likeness (QED) is 0.782. The van der Waals surface area contributed by atoms with E-state index in [0.29, 0.717) is 5.95 Å². The third kappa shape index (κ3) is 4.52. The van der Waals surface area contributed by atoms with Gasteiger partial charge >= 0.3 is 0 Å². The highest BCUT2D eigenvalue weighted by atomic mass is 15.3. The standard InChI is InChI=1S/C18H23N5/c1-14-7-5-6-10-16(14)21-18-22-17(13-20-23-18)19-12-11-15-8-3-2-4-9-15/h5-8,10,13H,2-4,9,11-12H2,1H3,(H2,19,21,22,23). The Hall–Kier alpha value is -2.43. The minimum absolute atomic E-state index is 0.515. The second kappa shape index (κ2) is 7.72. The van der Waals surface area contributed by atoms with Crippen molar-refractivity contribution < 1.29 is 0 Å². The first-order valence-electron chi connectivity index (χ1n) is 8.25. The number of aromatic nitrogens is 3. The molecule has 1 aromatic carbocycles. The lowest BCUT2D eigenvalue weighted by Gasteiger charge is -2.13. The molecule has 5 nitrogen and oxygen atoms in total. The topological polar surface area (TPSA) is 62.7 Å². The molecule has 2 aromatic rings. The van der Waals surface area contributed by atoms with Crippen LogP contribution in [0.15, 0.2) is 42.1 Å². The number of rotatable bonds is 6. The molecule has 0 fully saturated rings. The summed E-state index contributed by atoms with van der Waals surface area (Å²) in [6.07, 6.45) is 10.3. The number of aryl methyl sites for hydroxylation is 1. The van der Waals surface area contributed by atoms with Crippen molar-refractivity contribution in [3.63, 3.8) is 0 Å². The molecule has 1 heterocycles. The molecule has 0 unspecified atom stereocenters. The lowest BCUT2D eigenvalue weighted by Crippen LogP contribution is -2.08. The SMILES string of the molecule is Cc1ccccc1Nc1nncc(NCCC2=CCCCC2)n1. The summed E-state index contributed by atoms with van der Waals surface area (Å²) in [5.74, 6) is 1.27. The molecule has 0 saturated heterocycles. The zero-order valence-corrected chi connectivity index (χ0v) is 13.5. The molecule has 2 N–H and O–H groups in total. The number of hydrogen-bond donors (Lipinski definition) is 2. The second-order valence-corrected chi connectivity index (χ2v) is 5.89. The summed E-state index contributed by atoms with van der Waals surface area (Å²) in [6.45, 7) is 2.93. The second-order valence-electron chi connectivity index (χ2n) is 5.89. The largest absolute Gasteiger partial charge is 0.368 e. The van der Waals surface area contributed by atoms with Crippen molar-refractivity contribution in [2.45, 2.75) is 39.0 Å². The highest BCUT2D eigenvalue weighted by molar-refractivity contribution is 5.58. The fraction of sp³-hybridized carbons (Fsp3) is 0.389. The van der Waals surface area contributed by atoms with E-state index in [1.807, 2.05) is 18.2 Å². The number of benzene rings is 1. The van der Waals surface area contributed by atoms with Crippen LogP contribution >= 0.6 is 0 Å². The summed E-state index contributed by atoms with van der Waals surface area (Å²) in [5, 5.41) is 14.6. The van der Waals surface area contributed by atoms with Crippen molar-refractivity contribution in [2.24, 2.45) is 0 Å². The Morgan fingerprint density at radius 1 is 1.17 bits per heavy atom. The van der Waals surface area contributed by atoms with Gasteiger partial charge in [0.05, 0.1) is 6.20 Å². The molecule has 0 atom stereocenters. The Morgan fingerprint density at radius 2 is 2.09 bits per heavy atom. The highest BCUT2D eigenvalue weighted by Gasteiger charge is 2.05. The van der Waals surface area contributed by atoms with Crippen LogP contribution in [0.4, 0.5) is 17.5 Å². The van der Waals surface area contributed by atoms with Crippen LogP contribution < -0.4 is 10.6 Å². The predicted molar refractivity (Wildman–Crippen MR) is 93.9 cm³/mol. The van der Waals surface area contributed by atoms with Gasteiger partial charge in [-0.15, -0.1) is 5.10 Å². The molecule has 23 heavy (non-hydrogen) atoms. The summed E-state index contributed by atoms with van der Waals surface area (Å²) < 4.78 is 0.